The van der Waals surface area contributed by atoms with Crippen molar-refractivity contribution in [3.8, 4) is 0 Å². The molecule has 0 aliphatic rings. The van der Waals surface area contributed by atoms with Gasteiger partial charge in [-0.1, -0.05) is 24.3 Å². The molecule has 3 N–H and O–H groups in total. The third-order valence-corrected chi connectivity index (χ3v) is 3.86. The van der Waals surface area contributed by atoms with Crippen LogP contribution in [0.25, 0.3) is 0 Å². The maximum atomic E-state index is 13.3. The zero-order valence-corrected chi connectivity index (χ0v) is 12.8. The van der Waals surface area contributed by atoms with Gasteiger partial charge in [0.25, 0.3) is 0 Å². The Bertz CT molecular complexity index is 555. The third kappa shape index (κ3) is 3.75. The van der Waals surface area contributed by atoms with Crippen LogP contribution in [0.4, 0.5) is 4.39 Å². The first-order valence-corrected chi connectivity index (χ1v) is 7.14. The minimum Gasteiger partial charge on any atom is -0.271 e. The van der Waals surface area contributed by atoms with Gasteiger partial charge >= 0.3 is 0 Å². The van der Waals surface area contributed by atoms with Gasteiger partial charge in [-0.3, -0.25) is 11.3 Å². The molecule has 0 saturated carbocycles. The first-order valence-electron chi connectivity index (χ1n) is 6.07. The Balaban J connectivity index is 2.19. The molecule has 2 rings (SSSR count). The van der Waals surface area contributed by atoms with Gasteiger partial charge in [-0.05, 0) is 70.8 Å². The number of hydrogen-bond donors (Lipinski definition) is 2. The molecule has 0 radical (unpaired) electrons. The summed E-state index contributed by atoms with van der Waals surface area (Å²) < 4.78 is 14.5. The lowest BCUT2D eigenvalue weighted by Gasteiger charge is -2.17. The van der Waals surface area contributed by atoms with Crippen LogP contribution in [-0.2, 0) is 6.42 Å². The van der Waals surface area contributed by atoms with Crippen molar-refractivity contribution in [3.05, 3.63) is 68.5 Å². The monoisotopic (exact) mass is 370 g/mol. The molecule has 19 heavy (non-hydrogen) atoms. The Morgan fingerprint density at radius 2 is 1.89 bits per heavy atom. The topological polar surface area (TPSA) is 38.0 Å². The van der Waals surface area contributed by atoms with Gasteiger partial charge in [0, 0.05) is 9.61 Å². The fourth-order valence-electron chi connectivity index (χ4n) is 2.01. The van der Waals surface area contributed by atoms with Crippen LogP contribution in [0.5, 0.6) is 0 Å². The second-order valence-electron chi connectivity index (χ2n) is 4.56. The van der Waals surface area contributed by atoms with Gasteiger partial charge in [0.05, 0.1) is 0 Å². The lowest BCUT2D eigenvalue weighted by atomic mass is 9.98. The summed E-state index contributed by atoms with van der Waals surface area (Å²) in [6.45, 7) is 1.76. The molecule has 1 unspecified atom stereocenters. The summed E-state index contributed by atoms with van der Waals surface area (Å²) in [6.07, 6.45) is 0.776. The molecule has 2 aromatic carbocycles. The Hall–Kier alpha value is -0.980. The van der Waals surface area contributed by atoms with E-state index in [1.165, 1.54) is 15.2 Å². The highest BCUT2D eigenvalue weighted by Crippen LogP contribution is 2.20. The lowest BCUT2D eigenvalue weighted by molar-refractivity contribution is 0.548. The number of hydrogen-bond acceptors (Lipinski definition) is 2. The normalized spacial score (nSPS) is 12.4. The predicted molar refractivity (Wildman–Crippen MR) is 84.1 cm³/mol. The van der Waals surface area contributed by atoms with Gasteiger partial charge < -0.3 is 0 Å². The average molecular weight is 370 g/mol. The van der Waals surface area contributed by atoms with E-state index in [0.717, 1.165) is 12.0 Å². The molecule has 2 nitrogen and oxygen atoms in total. The van der Waals surface area contributed by atoms with E-state index in [0.29, 0.717) is 5.56 Å². The quantitative estimate of drug-likeness (QED) is 0.491. The maximum Gasteiger partial charge on any atom is 0.126 e. The van der Waals surface area contributed by atoms with Crippen LogP contribution in [0.3, 0.4) is 0 Å². The molecule has 0 aromatic heterocycles. The first-order chi connectivity index (χ1) is 9.10. The molecule has 0 amide bonds. The molecule has 0 saturated heterocycles. The summed E-state index contributed by atoms with van der Waals surface area (Å²) >= 11 is 2.28. The molecule has 0 heterocycles. The molecule has 0 spiro atoms. The predicted octanol–water partition coefficient (Wildman–Crippen LogP) is 3.49. The Morgan fingerprint density at radius 1 is 1.21 bits per heavy atom. The summed E-state index contributed by atoms with van der Waals surface area (Å²) in [6, 6.07) is 13.4. The van der Waals surface area contributed by atoms with Crippen LogP contribution in [-0.4, -0.2) is 0 Å². The fraction of sp³-hybridized carbons (Fsp3) is 0.200. The van der Waals surface area contributed by atoms with Crippen LogP contribution >= 0.6 is 22.6 Å². The van der Waals surface area contributed by atoms with Crippen molar-refractivity contribution in [2.24, 2.45) is 5.84 Å². The molecule has 1 atom stereocenters. The van der Waals surface area contributed by atoms with Crippen molar-refractivity contribution in [2.45, 2.75) is 19.4 Å². The van der Waals surface area contributed by atoms with Crippen molar-refractivity contribution in [1.82, 2.24) is 5.43 Å². The third-order valence-electron chi connectivity index (χ3n) is 3.14. The smallest absolute Gasteiger partial charge is 0.126 e. The summed E-state index contributed by atoms with van der Waals surface area (Å²) in [5, 5.41) is 0. The Labute approximate surface area is 126 Å². The molecule has 0 aliphatic heterocycles. The molecular weight excluding hydrogens is 354 g/mol. The highest BCUT2D eigenvalue weighted by atomic mass is 127. The SMILES string of the molecule is Cc1cc(C(Cc2ccc(I)cc2)NN)ccc1F. The number of halogens is 2. The number of rotatable bonds is 4. The van der Waals surface area contributed by atoms with Gasteiger partial charge in [-0.2, -0.15) is 0 Å². The number of nitrogens with one attached hydrogen (secondary N) is 1. The van der Waals surface area contributed by atoms with Crippen molar-refractivity contribution < 1.29 is 4.39 Å². The van der Waals surface area contributed by atoms with E-state index in [1.807, 2.05) is 6.07 Å². The minimum absolute atomic E-state index is 0.0145. The van der Waals surface area contributed by atoms with E-state index in [-0.39, 0.29) is 11.9 Å². The minimum atomic E-state index is -0.186. The maximum absolute atomic E-state index is 13.3. The van der Waals surface area contributed by atoms with E-state index < -0.39 is 0 Å². The molecule has 0 bridgehead atoms. The van der Waals surface area contributed by atoms with Crippen molar-refractivity contribution in [2.75, 3.05) is 0 Å². The lowest BCUT2D eigenvalue weighted by Crippen LogP contribution is -2.29. The van der Waals surface area contributed by atoms with Crippen LogP contribution in [0.2, 0.25) is 0 Å². The number of aryl methyl sites for hydroxylation is 1. The molecular formula is C15H16FIN2. The van der Waals surface area contributed by atoms with Crippen molar-refractivity contribution in [1.29, 1.82) is 0 Å². The standard InChI is InChI=1S/C15H16FIN2/c1-10-8-12(4-7-14(10)16)15(19-18)9-11-2-5-13(17)6-3-11/h2-8,15,19H,9,18H2,1H3. The average Bonchev–Trinajstić information content (AvgIpc) is 2.41. The highest BCUT2D eigenvalue weighted by molar-refractivity contribution is 14.1. The number of benzene rings is 2. The van der Waals surface area contributed by atoms with Gasteiger partial charge in [0.15, 0.2) is 0 Å². The second-order valence-corrected chi connectivity index (χ2v) is 5.80. The van der Waals surface area contributed by atoms with E-state index in [2.05, 4.69) is 52.3 Å². The van der Waals surface area contributed by atoms with Crippen LogP contribution in [0.15, 0.2) is 42.5 Å². The van der Waals surface area contributed by atoms with Gasteiger partial charge in [-0.15, -0.1) is 0 Å². The van der Waals surface area contributed by atoms with Crippen molar-refractivity contribution >= 4 is 22.6 Å². The molecule has 2 aromatic rings. The molecule has 0 fully saturated rings. The second kappa shape index (κ2) is 6.45. The molecule has 0 aliphatic carbocycles. The van der Waals surface area contributed by atoms with Gasteiger partial charge in [0.2, 0.25) is 0 Å². The summed E-state index contributed by atoms with van der Waals surface area (Å²) in [5.74, 6) is 5.44. The number of hydrazine groups is 1. The van der Waals surface area contributed by atoms with Crippen LogP contribution < -0.4 is 11.3 Å². The zero-order valence-electron chi connectivity index (χ0n) is 10.7. The summed E-state index contributed by atoms with van der Waals surface area (Å²) in [5.41, 5.74) is 5.64. The van der Waals surface area contributed by atoms with Gasteiger partial charge in [-0.25, -0.2) is 4.39 Å². The summed E-state index contributed by atoms with van der Waals surface area (Å²) in [4.78, 5) is 0. The summed E-state index contributed by atoms with van der Waals surface area (Å²) in [7, 11) is 0. The number of nitrogens with two attached hydrogens (primary N) is 1. The van der Waals surface area contributed by atoms with Crippen molar-refractivity contribution in [3.63, 3.8) is 0 Å². The van der Waals surface area contributed by atoms with Crippen LogP contribution in [0, 0.1) is 16.3 Å². The Kier molecular flexibility index (Phi) is 4.90. The van der Waals surface area contributed by atoms with Crippen LogP contribution in [0.1, 0.15) is 22.7 Å². The largest absolute Gasteiger partial charge is 0.271 e. The van der Waals surface area contributed by atoms with Gasteiger partial charge in [0.1, 0.15) is 5.82 Å². The zero-order chi connectivity index (χ0) is 13.8. The van der Waals surface area contributed by atoms with E-state index in [4.69, 9.17) is 5.84 Å². The first kappa shape index (κ1) is 14.4. The molecule has 4 heteroatoms. The van der Waals surface area contributed by atoms with E-state index in [9.17, 15) is 4.39 Å². The Morgan fingerprint density at radius 3 is 2.47 bits per heavy atom. The van der Waals surface area contributed by atoms with E-state index >= 15 is 0 Å². The molecule has 100 valence electrons. The van der Waals surface area contributed by atoms with E-state index in [1.54, 1.807) is 13.0 Å². The fourth-order valence-corrected chi connectivity index (χ4v) is 2.37. The highest BCUT2D eigenvalue weighted by Gasteiger charge is 2.12.